The Morgan fingerprint density at radius 3 is 1.12 bits per heavy atom. The summed E-state index contributed by atoms with van der Waals surface area (Å²) >= 11 is 0. The molecule has 0 radical (unpaired) electrons. The number of allylic oxidation sites excluding steroid dienone is 2. The van der Waals surface area contributed by atoms with E-state index in [1.165, 1.54) is 0 Å². The smallest absolute Gasteiger partial charge is 0.211 e. The number of Topliss-reactive ketones (excluding diaryl/α,β-unsaturated/α-hetero) is 4. The number of ketones is 4. The lowest BCUT2D eigenvalue weighted by molar-refractivity contribution is -0.125. The maximum absolute atomic E-state index is 13.3. The Morgan fingerprint density at radius 2 is 0.768 bits per heavy atom. The van der Waals surface area contributed by atoms with Crippen molar-refractivity contribution in [2.75, 3.05) is 9.80 Å². The van der Waals surface area contributed by atoms with Crippen LogP contribution in [-0.4, -0.2) is 54.8 Å². The number of nitrogens with zero attached hydrogens (tertiary/aromatic N) is 2. The van der Waals surface area contributed by atoms with Crippen molar-refractivity contribution in [2.45, 2.75) is 76.0 Å². The van der Waals surface area contributed by atoms with Gasteiger partial charge in [0.25, 0.3) is 0 Å². The first-order valence-electron chi connectivity index (χ1n) is 18.9. The Labute approximate surface area is 324 Å². The van der Waals surface area contributed by atoms with Crippen molar-refractivity contribution >= 4 is 34.5 Å². The lowest BCUT2D eigenvalue weighted by atomic mass is 9.72. The molecule has 10 rings (SSSR count). The second-order valence-corrected chi connectivity index (χ2v) is 17.4. The highest BCUT2D eigenvalue weighted by molar-refractivity contribution is 6.20. The third-order valence-electron chi connectivity index (χ3n) is 12.4. The SMILES string of the molecule is CC1(C)CC(=O)C2=C(C1)N(c1ccccc1)[C@@]1(O)c3ccccc3C(=O)[C@@]21O.CC1(C)CC(=O)C2=C(C1)N(c1ccccc1)[C@@]1(O)c3ccccc3C(=O)[C@@]21O. The number of carbonyl (C=O) groups is 4. The zero-order chi connectivity index (χ0) is 39.8. The average Bonchev–Trinajstić information content (AvgIpc) is 3.63. The Balaban J connectivity index is 0.000000146. The molecule has 56 heavy (non-hydrogen) atoms. The molecule has 6 aliphatic rings. The van der Waals surface area contributed by atoms with Gasteiger partial charge in [-0.2, -0.15) is 0 Å². The fourth-order valence-electron chi connectivity index (χ4n) is 10.2. The van der Waals surface area contributed by atoms with E-state index in [0.717, 1.165) is 0 Å². The van der Waals surface area contributed by atoms with E-state index in [9.17, 15) is 39.6 Å². The molecule has 0 unspecified atom stereocenters. The van der Waals surface area contributed by atoms with Crippen LogP contribution < -0.4 is 9.80 Å². The van der Waals surface area contributed by atoms with Gasteiger partial charge in [-0.3, -0.25) is 19.2 Å². The normalized spacial score (nSPS) is 30.4. The van der Waals surface area contributed by atoms with Gasteiger partial charge < -0.3 is 30.2 Å². The first-order valence-corrected chi connectivity index (χ1v) is 18.9. The van der Waals surface area contributed by atoms with Gasteiger partial charge in [0, 0.05) is 57.9 Å². The van der Waals surface area contributed by atoms with Crippen LogP contribution in [0.25, 0.3) is 0 Å². The lowest BCUT2D eigenvalue weighted by Crippen LogP contribution is -2.58. The Bertz CT molecular complexity index is 2320. The third kappa shape index (κ3) is 4.35. The second kappa shape index (κ2) is 11.5. The Hall–Kier alpha value is -5.52. The van der Waals surface area contributed by atoms with Crippen molar-refractivity contribution in [3.05, 3.63) is 154 Å². The summed E-state index contributed by atoms with van der Waals surface area (Å²) < 4.78 is 0. The molecule has 0 saturated heterocycles. The summed E-state index contributed by atoms with van der Waals surface area (Å²) in [6.07, 6.45) is 1.39. The number of hydrogen-bond donors (Lipinski definition) is 4. The zero-order valence-corrected chi connectivity index (χ0v) is 31.5. The van der Waals surface area contributed by atoms with Crippen molar-refractivity contribution in [3.8, 4) is 0 Å². The first kappa shape index (κ1) is 36.1. The minimum absolute atomic E-state index is 0.0411. The maximum atomic E-state index is 13.3. The summed E-state index contributed by atoms with van der Waals surface area (Å²) in [6.45, 7) is 7.93. The number of para-hydroxylation sites is 2. The van der Waals surface area contributed by atoms with Gasteiger partial charge in [0.2, 0.25) is 34.2 Å². The van der Waals surface area contributed by atoms with Gasteiger partial charge in [-0.05, 0) is 47.9 Å². The molecule has 0 fully saturated rings. The van der Waals surface area contributed by atoms with Crippen LogP contribution in [0.3, 0.4) is 0 Å². The monoisotopic (exact) mass is 750 g/mol. The molecule has 4 aliphatic carbocycles. The van der Waals surface area contributed by atoms with Crippen molar-refractivity contribution < 1.29 is 39.6 Å². The largest absolute Gasteiger partial charge is 0.372 e. The number of aliphatic hydroxyl groups is 4. The van der Waals surface area contributed by atoms with Crippen LogP contribution in [0.4, 0.5) is 11.4 Å². The summed E-state index contributed by atoms with van der Waals surface area (Å²) in [7, 11) is 0. The van der Waals surface area contributed by atoms with E-state index in [-0.39, 0.29) is 57.5 Å². The maximum Gasteiger partial charge on any atom is 0.211 e. The van der Waals surface area contributed by atoms with Crippen LogP contribution in [-0.2, 0) is 21.0 Å². The quantitative estimate of drug-likeness (QED) is 0.196. The number of anilines is 2. The molecule has 4 atom stereocenters. The molecule has 2 aliphatic heterocycles. The van der Waals surface area contributed by atoms with Crippen LogP contribution in [0.2, 0.25) is 0 Å². The van der Waals surface area contributed by atoms with E-state index in [1.54, 1.807) is 58.3 Å². The Kier molecular flexibility index (Phi) is 7.43. The zero-order valence-electron chi connectivity index (χ0n) is 31.5. The Morgan fingerprint density at radius 1 is 0.446 bits per heavy atom. The topological polar surface area (TPSA) is 156 Å². The molecule has 284 valence electrons. The average molecular weight is 751 g/mol. The summed E-state index contributed by atoms with van der Waals surface area (Å²) in [4.78, 5) is 56.1. The molecule has 4 aromatic carbocycles. The summed E-state index contributed by atoms with van der Waals surface area (Å²) in [6, 6.07) is 31.6. The molecular formula is C46H42N2O8. The number of hydrogen-bond acceptors (Lipinski definition) is 10. The fourth-order valence-corrected chi connectivity index (χ4v) is 10.2. The number of rotatable bonds is 2. The van der Waals surface area contributed by atoms with Crippen molar-refractivity contribution in [3.63, 3.8) is 0 Å². The molecular weight excluding hydrogens is 709 g/mol. The van der Waals surface area contributed by atoms with Crippen LogP contribution in [0, 0.1) is 10.8 Å². The van der Waals surface area contributed by atoms with Gasteiger partial charge in [-0.25, -0.2) is 0 Å². The van der Waals surface area contributed by atoms with Crippen molar-refractivity contribution in [1.29, 1.82) is 0 Å². The fraction of sp³-hybridized carbons (Fsp3) is 0.304. The summed E-state index contributed by atoms with van der Waals surface area (Å²) in [5.41, 5.74) is -5.86. The molecule has 0 spiro atoms. The summed E-state index contributed by atoms with van der Waals surface area (Å²) in [5.74, 6) is -1.81. The predicted octanol–water partition coefficient (Wildman–Crippen LogP) is 5.85. The minimum atomic E-state index is -2.31. The van der Waals surface area contributed by atoms with Crippen LogP contribution in [0.5, 0.6) is 0 Å². The van der Waals surface area contributed by atoms with Gasteiger partial charge in [0.05, 0.1) is 11.1 Å². The minimum Gasteiger partial charge on any atom is -0.372 e. The van der Waals surface area contributed by atoms with Gasteiger partial charge in [-0.15, -0.1) is 0 Å². The second-order valence-electron chi connectivity index (χ2n) is 17.4. The van der Waals surface area contributed by atoms with E-state index in [2.05, 4.69) is 0 Å². The standard InChI is InChI=1S/2C23H21NO4/c2*1-21(2)12-17-19(18(25)13-21)22(27)20(26)15-10-6-7-11-16(15)23(22,28)24(17)14-8-4-3-5-9-14/h2*3-11,27-28H,12-13H2,1-2H3/t2*22-,23+/m00/s1. The predicted molar refractivity (Wildman–Crippen MR) is 207 cm³/mol. The lowest BCUT2D eigenvalue weighted by Gasteiger charge is -2.40. The molecule has 10 nitrogen and oxygen atoms in total. The molecule has 0 saturated carbocycles. The third-order valence-corrected chi connectivity index (χ3v) is 12.4. The number of fused-ring (bicyclic) bond motifs is 8. The highest BCUT2D eigenvalue weighted by atomic mass is 16.4. The van der Waals surface area contributed by atoms with Crippen LogP contribution in [0.1, 0.15) is 85.2 Å². The number of benzene rings is 4. The van der Waals surface area contributed by atoms with Crippen molar-refractivity contribution in [1.82, 2.24) is 0 Å². The van der Waals surface area contributed by atoms with E-state index in [1.807, 2.05) is 88.4 Å². The van der Waals surface area contributed by atoms with Crippen LogP contribution in [0.15, 0.2) is 132 Å². The van der Waals surface area contributed by atoms with Gasteiger partial charge in [0.15, 0.2) is 11.6 Å². The first-order chi connectivity index (χ1) is 26.4. The van der Waals surface area contributed by atoms with Gasteiger partial charge in [0.1, 0.15) is 0 Å². The van der Waals surface area contributed by atoms with Gasteiger partial charge >= 0.3 is 0 Å². The molecule has 2 heterocycles. The molecule has 0 aromatic heterocycles. The molecule has 0 amide bonds. The highest BCUT2D eigenvalue weighted by Crippen LogP contribution is 2.63. The van der Waals surface area contributed by atoms with Gasteiger partial charge in [-0.1, -0.05) is 113 Å². The molecule has 10 heteroatoms. The molecule has 0 bridgehead atoms. The molecule has 4 N–H and O–H groups in total. The highest BCUT2D eigenvalue weighted by Gasteiger charge is 2.75. The molecule has 4 aromatic rings. The van der Waals surface area contributed by atoms with Crippen LogP contribution >= 0.6 is 0 Å². The number of carbonyl (C=O) groups excluding carboxylic acids is 4. The van der Waals surface area contributed by atoms with E-state index >= 15 is 0 Å². The summed E-state index contributed by atoms with van der Waals surface area (Å²) in [5, 5.41) is 47.5. The van der Waals surface area contributed by atoms with Crippen molar-refractivity contribution in [2.24, 2.45) is 10.8 Å². The van der Waals surface area contributed by atoms with E-state index in [0.29, 0.717) is 46.7 Å². The van der Waals surface area contributed by atoms with E-state index < -0.39 is 34.2 Å². The van der Waals surface area contributed by atoms with E-state index in [4.69, 9.17) is 0 Å².